The summed E-state index contributed by atoms with van der Waals surface area (Å²) in [4.78, 5) is 25.0. The first-order valence-corrected chi connectivity index (χ1v) is 9.43. The predicted molar refractivity (Wildman–Crippen MR) is 107 cm³/mol. The van der Waals surface area contributed by atoms with Crippen molar-refractivity contribution in [2.45, 2.75) is 19.6 Å². The van der Waals surface area contributed by atoms with E-state index in [9.17, 15) is 14.7 Å². The molecule has 5 nitrogen and oxygen atoms in total. The first-order chi connectivity index (χ1) is 13.0. The zero-order valence-corrected chi connectivity index (χ0v) is 16.1. The summed E-state index contributed by atoms with van der Waals surface area (Å²) in [6.45, 7) is 1.82. The van der Waals surface area contributed by atoms with E-state index in [0.29, 0.717) is 17.3 Å². The molecule has 27 heavy (non-hydrogen) atoms. The molecule has 2 aromatic rings. The zero-order valence-electron chi connectivity index (χ0n) is 14.5. The number of carboxylic acid groups (broad SMARTS) is 1. The van der Waals surface area contributed by atoms with Gasteiger partial charge in [0.25, 0.3) is 5.91 Å². The number of carboxylic acids is 1. The van der Waals surface area contributed by atoms with Crippen LogP contribution in [0.15, 0.2) is 59.5 Å². The van der Waals surface area contributed by atoms with Crippen molar-refractivity contribution in [3.63, 3.8) is 0 Å². The number of aliphatic carboxylic acids is 1. The Morgan fingerprint density at radius 2 is 2.00 bits per heavy atom. The molecule has 0 N–H and O–H groups in total. The van der Waals surface area contributed by atoms with Gasteiger partial charge in [0.1, 0.15) is 16.7 Å². The van der Waals surface area contributed by atoms with Crippen LogP contribution in [0.4, 0.5) is 0 Å². The Hall–Kier alpha value is -2.64. The van der Waals surface area contributed by atoms with Gasteiger partial charge in [-0.2, -0.15) is 0 Å². The van der Waals surface area contributed by atoms with E-state index in [1.807, 2.05) is 54.6 Å². The fourth-order valence-electron chi connectivity index (χ4n) is 2.51. The van der Waals surface area contributed by atoms with Gasteiger partial charge >= 0.3 is 0 Å². The van der Waals surface area contributed by atoms with Crippen molar-refractivity contribution < 1.29 is 19.4 Å². The molecule has 3 rings (SSSR count). The van der Waals surface area contributed by atoms with Gasteiger partial charge in [-0.3, -0.25) is 9.69 Å². The quantitative estimate of drug-likeness (QED) is 0.550. The SMILES string of the molecule is C[C@H](C(=O)[O-])N1C(=O)/C(=C/c2cccc(OCc3ccccc3)c2)SC1=S. The molecule has 0 saturated carbocycles. The largest absolute Gasteiger partial charge is 0.548 e. The number of carbonyl (C=O) groups excluding carboxylic acids is 2. The van der Waals surface area contributed by atoms with Crippen molar-refractivity contribution >= 4 is 46.3 Å². The zero-order chi connectivity index (χ0) is 19.4. The van der Waals surface area contributed by atoms with E-state index in [0.717, 1.165) is 27.8 Å². The molecule has 138 valence electrons. The Morgan fingerprint density at radius 1 is 1.26 bits per heavy atom. The minimum absolute atomic E-state index is 0.208. The minimum atomic E-state index is -1.34. The lowest BCUT2D eigenvalue weighted by atomic mass is 10.2. The van der Waals surface area contributed by atoms with Gasteiger partial charge < -0.3 is 14.6 Å². The second-order valence-corrected chi connectivity index (χ2v) is 7.57. The highest BCUT2D eigenvalue weighted by Crippen LogP contribution is 2.34. The molecule has 1 fully saturated rings. The number of rotatable bonds is 6. The molecule has 0 unspecified atom stereocenters. The van der Waals surface area contributed by atoms with E-state index in [1.165, 1.54) is 6.92 Å². The normalized spacial score (nSPS) is 16.6. The molecular weight excluding hydrogens is 382 g/mol. The molecule has 0 radical (unpaired) electrons. The van der Waals surface area contributed by atoms with Crippen molar-refractivity contribution in [3.8, 4) is 5.75 Å². The predicted octanol–water partition coefficient (Wildman–Crippen LogP) is 2.61. The summed E-state index contributed by atoms with van der Waals surface area (Å²) in [7, 11) is 0. The van der Waals surface area contributed by atoms with Crippen LogP contribution in [0, 0.1) is 0 Å². The van der Waals surface area contributed by atoms with Gasteiger partial charge in [0.15, 0.2) is 0 Å². The van der Waals surface area contributed by atoms with Crippen molar-refractivity contribution in [3.05, 3.63) is 70.6 Å². The number of amides is 1. The minimum Gasteiger partial charge on any atom is -0.548 e. The molecule has 1 aliphatic heterocycles. The van der Waals surface area contributed by atoms with Gasteiger partial charge in [-0.05, 0) is 36.3 Å². The van der Waals surface area contributed by atoms with Crippen LogP contribution in [-0.4, -0.2) is 27.1 Å². The number of benzene rings is 2. The third kappa shape index (κ3) is 4.56. The molecule has 7 heteroatoms. The van der Waals surface area contributed by atoms with Gasteiger partial charge in [-0.25, -0.2) is 0 Å². The number of nitrogens with zero attached hydrogens (tertiary/aromatic N) is 1. The average molecular weight is 398 g/mol. The number of carbonyl (C=O) groups is 2. The van der Waals surface area contributed by atoms with Crippen LogP contribution in [0.3, 0.4) is 0 Å². The first-order valence-electron chi connectivity index (χ1n) is 8.20. The van der Waals surface area contributed by atoms with E-state index >= 15 is 0 Å². The van der Waals surface area contributed by atoms with Crippen LogP contribution in [0.5, 0.6) is 5.75 Å². The molecule has 2 aromatic carbocycles. The van der Waals surface area contributed by atoms with Gasteiger partial charge in [0.05, 0.1) is 16.9 Å². The number of thioether (sulfide) groups is 1. The third-order valence-corrected chi connectivity index (χ3v) is 5.29. The maximum atomic E-state index is 12.5. The number of thiocarbonyl (C=S) groups is 1. The van der Waals surface area contributed by atoms with Gasteiger partial charge in [-0.1, -0.05) is 66.4 Å². The van der Waals surface area contributed by atoms with Crippen LogP contribution in [0.25, 0.3) is 6.08 Å². The van der Waals surface area contributed by atoms with E-state index in [2.05, 4.69) is 0 Å². The number of ether oxygens (including phenoxy) is 1. The molecule has 0 spiro atoms. The van der Waals surface area contributed by atoms with Crippen LogP contribution < -0.4 is 9.84 Å². The van der Waals surface area contributed by atoms with Crippen molar-refractivity contribution in [2.24, 2.45) is 0 Å². The summed E-state index contributed by atoms with van der Waals surface area (Å²) in [5.74, 6) is -1.10. The van der Waals surface area contributed by atoms with Crippen molar-refractivity contribution in [1.82, 2.24) is 4.90 Å². The van der Waals surface area contributed by atoms with Crippen molar-refractivity contribution in [1.29, 1.82) is 0 Å². The molecular formula is C20H16NO4S2-. The maximum Gasteiger partial charge on any atom is 0.266 e. The number of hydrogen-bond acceptors (Lipinski definition) is 6. The lowest BCUT2D eigenvalue weighted by Crippen LogP contribution is -2.48. The fourth-order valence-corrected chi connectivity index (χ4v) is 3.92. The highest BCUT2D eigenvalue weighted by molar-refractivity contribution is 8.26. The van der Waals surface area contributed by atoms with E-state index in [4.69, 9.17) is 17.0 Å². The Kier molecular flexibility index (Phi) is 5.93. The molecule has 1 amide bonds. The summed E-state index contributed by atoms with van der Waals surface area (Å²) < 4.78 is 6.00. The topological polar surface area (TPSA) is 69.7 Å². The Morgan fingerprint density at radius 3 is 2.70 bits per heavy atom. The molecule has 1 aliphatic rings. The molecule has 1 heterocycles. The van der Waals surface area contributed by atoms with E-state index in [1.54, 1.807) is 6.08 Å². The molecule has 0 bridgehead atoms. The molecule has 0 aromatic heterocycles. The average Bonchev–Trinajstić information content (AvgIpc) is 2.94. The van der Waals surface area contributed by atoms with Crippen LogP contribution in [0.1, 0.15) is 18.1 Å². The molecule has 0 aliphatic carbocycles. The van der Waals surface area contributed by atoms with Gasteiger partial charge in [0, 0.05) is 0 Å². The first kappa shape index (κ1) is 19.1. The maximum absolute atomic E-state index is 12.5. The summed E-state index contributed by atoms with van der Waals surface area (Å²) in [6, 6.07) is 16.0. The van der Waals surface area contributed by atoms with Crippen LogP contribution in [0.2, 0.25) is 0 Å². The lowest BCUT2D eigenvalue weighted by molar-refractivity contribution is -0.309. The van der Waals surface area contributed by atoms with E-state index in [-0.39, 0.29) is 4.32 Å². The summed E-state index contributed by atoms with van der Waals surface area (Å²) in [5, 5.41) is 11.1. The summed E-state index contributed by atoms with van der Waals surface area (Å²) in [5.41, 5.74) is 1.82. The Labute approximate surface area is 166 Å². The smallest absolute Gasteiger partial charge is 0.266 e. The standard InChI is InChI=1S/C20H17NO4S2/c1-13(19(23)24)21-18(22)17(27-20(21)26)11-15-8-5-9-16(10-15)25-12-14-6-3-2-4-7-14/h2-11,13H,12H2,1H3,(H,23,24)/p-1/b17-11-/t13-/m1/s1. The second kappa shape index (κ2) is 8.37. The van der Waals surface area contributed by atoms with Gasteiger partial charge in [0.2, 0.25) is 0 Å². The summed E-state index contributed by atoms with van der Waals surface area (Å²) in [6.07, 6.45) is 1.68. The lowest BCUT2D eigenvalue weighted by Gasteiger charge is -2.23. The summed E-state index contributed by atoms with van der Waals surface area (Å²) >= 11 is 6.21. The highest BCUT2D eigenvalue weighted by Gasteiger charge is 2.35. The second-order valence-electron chi connectivity index (χ2n) is 5.89. The Bertz CT molecular complexity index is 911. The number of hydrogen-bond donors (Lipinski definition) is 0. The molecule has 1 atom stereocenters. The van der Waals surface area contributed by atoms with Crippen LogP contribution in [-0.2, 0) is 16.2 Å². The van der Waals surface area contributed by atoms with Gasteiger partial charge in [-0.15, -0.1) is 0 Å². The van der Waals surface area contributed by atoms with E-state index < -0.39 is 17.9 Å². The fraction of sp³-hybridized carbons (Fsp3) is 0.150. The monoisotopic (exact) mass is 398 g/mol. The highest BCUT2D eigenvalue weighted by atomic mass is 32.2. The third-order valence-electron chi connectivity index (χ3n) is 3.96. The van der Waals surface area contributed by atoms with Crippen LogP contribution >= 0.6 is 24.0 Å². The molecule has 1 saturated heterocycles. The van der Waals surface area contributed by atoms with Crippen molar-refractivity contribution in [2.75, 3.05) is 0 Å². The Balaban J connectivity index is 1.74.